The van der Waals surface area contributed by atoms with Crippen LogP contribution >= 0.6 is 0 Å². The topological polar surface area (TPSA) is 84.8 Å². The lowest BCUT2D eigenvalue weighted by Crippen LogP contribution is -2.31. The molecular formula is C26H36N2O3. The van der Waals surface area contributed by atoms with E-state index >= 15 is 0 Å². The fourth-order valence-corrected chi connectivity index (χ4v) is 4.05. The molecule has 0 bridgehead atoms. The number of nitrogens with one attached hydrogen (secondary N) is 2. The van der Waals surface area contributed by atoms with E-state index < -0.39 is 6.10 Å². The van der Waals surface area contributed by atoms with Crippen molar-refractivity contribution in [3.05, 3.63) is 77.1 Å². The van der Waals surface area contributed by atoms with E-state index in [1.165, 1.54) is 11.1 Å². The maximum Gasteiger partial charge on any atom is 0.0979 e. The molecule has 5 N–H and O–H groups in total. The third-order valence-corrected chi connectivity index (χ3v) is 6.21. The van der Waals surface area contributed by atoms with Gasteiger partial charge in [0, 0.05) is 24.7 Å². The summed E-state index contributed by atoms with van der Waals surface area (Å²) in [6.45, 7) is 4.36. The largest absolute Gasteiger partial charge is 0.512 e. The Balaban J connectivity index is 1.34. The van der Waals surface area contributed by atoms with Gasteiger partial charge in [-0.1, -0.05) is 48.9 Å². The van der Waals surface area contributed by atoms with Gasteiger partial charge < -0.3 is 26.0 Å². The van der Waals surface area contributed by atoms with Gasteiger partial charge in [-0.3, -0.25) is 0 Å². The van der Waals surface area contributed by atoms with E-state index in [2.05, 4.69) is 60.1 Å². The molecular weight excluding hydrogens is 388 g/mol. The van der Waals surface area contributed by atoms with Gasteiger partial charge in [-0.2, -0.15) is 0 Å². The highest BCUT2D eigenvalue weighted by Gasteiger charge is 2.22. The molecule has 0 amide bonds. The number of rotatable bonds is 11. The highest BCUT2D eigenvalue weighted by atomic mass is 16.3. The van der Waals surface area contributed by atoms with E-state index in [0.717, 1.165) is 43.6 Å². The standard InChI is InChI=1S/C26H36N2O3/c1-19-4-2-3-5-21(19)13-15-28-24-9-6-20(7-10-24)12-14-27-17-26(31)22-8-11-25(30)23(16-22)18-29/h2-3,5-11,19,23,26-31H,4,12-18H2,1H3. The van der Waals surface area contributed by atoms with Crippen LogP contribution in [-0.4, -0.2) is 47.7 Å². The van der Waals surface area contributed by atoms with Gasteiger partial charge in [0.05, 0.1) is 18.5 Å². The Hall–Kier alpha value is -2.34. The van der Waals surface area contributed by atoms with Crippen molar-refractivity contribution in [1.82, 2.24) is 5.32 Å². The lowest BCUT2D eigenvalue weighted by Gasteiger charge is -2.23. The molecule has 1 aromatic carbocycles. The van der Waals surface area contributed by atoms with Crippen LogP contribution in [-0.2, 0) is 6.42 Å². The maximum absolute atomic E-state index is 10.4. The normalized spacial score (nSPS) is 21.8. The van der Waals surface area contributed by atoms with Crippen molar-refractivity contribution in [3.8, 4) is 0 Å². The van der Waals surface area contributed by atoms with Gasteiger partial charge in [0.1, 0.15) is 0 Å². The van der Waals surface area contributed by atoms with Crippen molar-refractivity contribution in [1.29, 1.82) is 0 Å². The number of aliphatic hydroxyl groups excluding tert-OH is 3. The first-order chi connectivity index (χ1) is 15.1. The fourth-order valence-electron chi connectivity index (χ4n) is 4.05. The van der Waals surface area contributed by atoms with Gasteiger partial charge in [-0.25, -0.2) is 0 Å². The summed E-state index contributed by atoms with van der Waals surface area (Å²) < 4.78 is 0. The van der Waals surface area contributed by atoms with Crippen LogP contribution in [0, 0.1) is 11.8 Å². The maximum atomic E-state index is 10.4. The fraction of sp³-hybridized carbons (Fsp3) is 0.462. The van der Waals surface area contributed by atoms with Crippen molar-refractivity contribution in [2.24, 2.45) is 11.8 Å². The van der Waals surface area contributed by atoms with Crippen LogP contribution in [0.15, 0.2) is 71.6 Å². The Morgan fingerprint density at radius 3 is 2.61 bits per heavy atom. The monoisotopic (exact) mass is 424 g/mol. The Morgan fingerprint density at radius 1 is 1.06 bits per heavy atom. The average molecular weight is 425 g/mol. The third kappa shape index (κ3) is 7.10. The molecule has 5 heteroatoms. The van der Waals surface area contributed by atoms with Gasteiger partial charge in [-0.05, 0) is 67.5 Å². The molecule has 0 aliphatic heterocycles. The van der Waals surface area contributed by atoms with Crippen molar-refractivity contribution >= 4 is 5.69 Å². The number of anilines is 1. The average Bonchev–Trinajstić information content (AvgIpc) is 2.79. The minimum atomic E-state index is -0.609. The molecule has 0 fully saturated rings. The summed E-state index contributed by atoms with van der Waals surface area (Å²) in [5.74, 6) is 0.526. The van der Waals surface area contributed by atoms with Crippen LogP contribution in [0.5, 0.6) is 0 Å². The molecule has 3 rings (SSSR count). The lowest BCUT2D eigenvalue weighted by atomic mass is 9.90. The molecule has 3 atom stereocenters. The predicted octanol–water partition coefficient (Wildman–Crippen LogP) is 3.88. The molecule has 0 radical (unpaired) electrons. The van der Waals surface area contributed by atoms with Crippen LogP contribution in [0.2, 0.25) is 0 Å². The zero-order valence-electron chi connectivity index (χ0n) is 18.4. The van der Waals surface area contributed by atoms with Gasteiger partial charge in [-0.15, -0.1) is 0 Å². The summed E-state index contributed by atoms with van der Waals surface area (Å²) in [6.07, 6.45) is 13.0. The Labute approximate surface area is 185 Å². The van der Waals surface area contributed by atoms with Crippen LogP contribution in [0.1, 0.15) is 31.7 Å². The first-order valence-electron chi connectivity index (χ1n) is 11.3. The second kappa shape index (κ2) is 11.9. The highest BCUT2D eigenvalue weighted by Crippen LogP contribution is 2.25. The minimum absolute atomic E-state index is 0.112. The second-order valence-corrected chi connectivity index (χ2v) is 8.57. The lowest BCUT2D eigenvalue weighted by molar-refractivity contribution is 0.173. The molecule has 31 heavy (non-hydrogen) atoms. The second-order valence-electron chi connectivity index (χ2n) is 8.57. The van der Waals surface area contributed by atoms with E-state index in [1.807, 2.05) is 0 Å². The third-order valence-electron chi connectivity index (χ3n) is 6.21. The summed E-state index contributed by atoms with van der Waals surface area (Å²) in [7, 11) is 0. The summed E-state index contributed by atoms with van der Waals surface area (Å²) in [5, 5.41) is 36.2. The Morgan fingerprint density at radius 2 is 1.87 bits per heavy atom. The highest BCUT2D eigenvalue weighted by molar-refractivity contribution is 5.44. The van der Waals surface area contributed by atoms with E-state index in [9.17, 15) is 15.3 Å². The molecule has 0 heterocycles. The number of hydrogen-bond acceptors (Lipinski definition) is 5. The summed E-state index contributed by atoms with van der Waals surface area (Å²) in [4.78, 5) is 0. The van der Waals surface area contributed by atoms with Gasteiger partial charge in [0.15, 0.2) is 0 Å². The first-order valence-corrected chi connectivity index (χ1v) is 11.3. The zero-order valence-corrected chi connectivity index (χ0v) is 18.4. The molecule has 3 unspecified atom stereocenters. The number of hydrogen-bond donors (Lipinski definition) is 5. The van der Waals surface area contributed by atoms with Crippen LogP contribution in [0.25, 0.3) is 0 Å². The van der Waals surface area contributed by atoms with Crippen LogP contribution in [0.3, 0.4) is 0 Å². The molecule has 0 saturated heterocycles. The number of benzene rings is 1. The Bertz CT molecular complexity index is 824. The SMILES string of the molecule is CC1CC=CC=C1CCNc1ccc(CCNCC(O)C2=CC=C(O)C(CO)C2)cc1. The zero-order chi connectivity index (χ0) is 22.1. The van der Waals surface area contributed by atoms with E-state index in [-0.39, 0.29) is 18.3 Å². The van der Waals surface area contributed by atoms with E-state index in [1.54, 1.807) is 12.2 Å². The minimum Gasteiger partial charge on any atom is -0.512 e. The predicted molar refractivity (Wildman–Crippen MR) is 127 cm³/mol. The quantitative estimate of drug-likeness (QED) is 0.348. The van der Waals surface area contributed by atoms with Gasteiger partial charge in [0.25, 0.3) is 0 Å². The molecule has 0 saturated carbocycles. The van der Waals surface area contributed by atoms with Crippen molar-refractivity contribution < 1.29 is 15.3 Å². The first kappa shape index (κ1) is 23.3. The molecule has 1 aromatic rings. The number of allylic oxidation sites excluding steroid dienone is 5. The summed E-state index contributed by atoms with van der Waals surface area (Å²) in [5.41, 5.74) is 4.76. The molecule has 0 aromatic heterocycles. The van der Waals surface area contributed by atoms with Crippen molar-refractivity contribution in [2.45, 2.75) is 38.7 Å². The summed E-state index contributed by atoms with van der Waals surface area (Å²) >= 11 is 0. The molecule has 2 aliphatic rings. The molecule has 2 aliphatic carbocycles. The van der Waals surface area contributed by atoms with Crippen molar-refractivity contribution in [3.63, 3.8) is 0 Å². The number of aliphatic hydroxyl groups is 3. The van der Waals surface area contributed by atoms with Crippen LogP contribution < -0.4 is 10.6 Å². The molecule has 5 nitrogen and oxygen atoms in total. The van der Waals surface area contributed by atoms with E-state index in [4.69, 9.17) is 0 Å². The smallest absolute Gasteiger partial charge is 0.0979 e. The van der Waals surface area contributed by atoms with Gasteiger partial charge in [0.2, 0.25) is 0 Å². The van der Waals surface area contributed by atoms with E-state index in [0.29, 0.717) is 18.9 Å². The van der Waals surface area contributed by atoms with Crippen LogP contribution in [0.4, 0.5) is 5.69 Å². The summed E-state index contributed by atoms with van der Waals surface area (Å²) in [6, 6.07) is 8.55. The van der Waals surface area contributed by atoms with Crippen molar-refractivity contribution in [2.75, 3.05) is 31.6 Å². The Kier molecular flexibility index (Phi) is 8.95. The molecule has 168 valence electrons. The van der Waals surface area contributed by atoms with Gasteiger partial charge >= 0.3 is 0 Å². The molecule has 0 spiro atoms.